The van der Waals surface area contributed by atoms with E-state index >= 15 is 0 Å². The van der Waals surface area contributed by atoms with Crippen LogP contribution in [0.2, 0.25) is 0 Å². The zero-order valence-electron chi connectivity index (χ0n) is 12.4. The van der Waals surface area contributed by atoms with Crippen LogP contribution in [0, 0.1) is 11.8 Å². The van der Waals surface area contributed by atoms with Gasteiger partial charge in [-0.25, -0.2) is 0 Å². The second-order valence-corrected chi connectivity index (χ2v) is 5.89. The Balaban J connectivity index is 2.23. The van der Waals surface area contributed by atoms with E-state index in [9.17, 15) is 4.79 Å². The third kappa shape index (κ3) is 5.41. The van der Waals surface area contributed by atoms with Crippen LogP contribution in [0.4, 0.5) is 0 Å². The number of esters is 1. The van der Waals surface area contributed by atoms with Gasteiger partial charge in [0.1, 0.15) is 6.10 Å². The molecule has 0 aliphatic heterocycles. The zero-order chi connectivity index (χ0) is 13.4. The Kier molecular flexibility index (Phi) is 7.38. The average Bonchev–Trinajstić information content (AvgIpc) is 2.37. The van der Waals surface area contributed by atoms with Crippen LogP contribution in [0.1, 0.15) is 78.6 Å². The second kappa shape index (κ2) is 8.55. The van der Waals surface area contributed by atoms with Crippen molar-refractivity contribution < 1.29 is 9.53 Å². The first-order valence-corrected chi connectivity index (χ1v) is 7.86. The fourth-order valence-electron chi connectivity index (χ4n) is 2.97. The van der Waals surface area contributed by atoms with E-state index in [4.69, 9.17) is 4.74 Å². The molecule has 0 N–H and O–H groups in total. The van der Waals surface area contributed by atoms with Gasteiger partial charge in [0.15, 0.2) is 0 Å². The lowest BCUT2D eigenvalue weighted by Gasteiger charge is -2.28. The van der Waals surface area contributed by atoms with Crippen molar-refractivity contribution in [3.63, 3.8) is 0 Å². The van der Waals surface area contributed by atoms with Gasteiger partial charge in [-0.1, -0.05) is 46.5 Å². The summed E-state index contributed by atoms with van der Waals surface area (Å²) in [7, 11) is 0. The standard InChI is InChI=1S/C16H30O2/c1-4-8-14(5-2)11-12-16(17)18-15-10-7-6-9-13(15)3/h13-15H,4-12H2,1-3H3/t13?,14?,15-/m1/s1. The molecule has 1 aliphatic rings. The molecule has 1 fully saturated rings. The van der Waals surface area contributed by atoms with Crippen molar-refractivity contribution in [2.45, 2.75) is 84.7 Å². The lowest BCUT2D eigenvalue weighted by molar-refractivity contribution is -0.153. The Morgan fingerprint density at radius 2 is 1.94 bits per heavy atom. The molecule has 1 saturated carbocycles. The molecule has 0 radical (unpaired) electrons. The quantitative estimate of drug-likeness (QED) is 0.615. The fraction of sp³-hybridized carbons (Fsp3) is 0.938. The molecule has 1 aliphatic carbocycles. The lowest BCUT2D eigenvalue weighted by Crippen LogP contribution is -2.28. The largest absolute Gasteiger partial charge is 0.462 e. The van der Waals surface area contributed by atoms with E-state index in [0.29, 0.717) is 18.3 Å². The third-order valence-corrected chi connectivity index (χ3v) is 4.35. The lowest BCUT2D eigenvalue weighted by atomic mass is 9.88. The SMILES string of the molecule is CCCC(CC)CCC(=O)O[C@@H]1CCCCC1C. The summed E-state index contributed by atoms with van der Waals surface area (Å²) in [6.45, 7) is 6.64. The summed E-state index contributed by atoms with van der Waals surface area (Å²) in [6.07, 6.45) is 10.2. The normalized spacial score (nSPS) is 25.7. The van der Waals surface area contributed by atoms with Crippen LogP contribution in [0.5, 0.6) is 0 Å². The Hall–Kier alpha value is -0.530. The molecule has 18 heavy (non-hydrogen) atoms. The van der Waals surface area contributed by atoms with Crippen molar-refractivity contribution in [2.24, 2.45) is 11.8 Å². The van der Waals surface area contributed by atoms with Crippen molar-refractivity contribution in [3.8, 4) is 0 Å². The smallest absolute Gasteiger partial charge is 0.306 e. The Morgan fingerprint density at radius 3 is 2.56 bits per heavy atom. The molecule has 0 aromatic rings. The van der Waals surface area contributed by atoms with Crippen LogP contribution in [-0.2, 0) is 9.53 Å². The van der Waals surface area contributed by atoms with Crippen molar-refractivity contribution >= 4 is 5.97 Å². The van der Waals surface area contributed by atoms with Crippen molar-refractivity contribution in [1.82, 2.24) is 0 Å². The van der Waals surface area contributed by atoms with Crippen molar-refractivity contribution in [2.75, 3.05) is 0 Å². The van der Waals surface area contributed by atoms with E-state index in [-0.39, 0.29) is 12.1 Å². The molecule has 1 rings (SSSR count). The van der Waals surface area contributed by atoms with E-state index in [2.05, 4.69) is 20.8 Å². The third-order valence-electron chi connectivity index (χ3n) is 4.35. The Morgan fingerprint density at radius 1 is 1.22 bits per heavy atom. The van der Waals surface area contributed by atoms with Gasteiger partial charge in [-0.15, -0.1) is 0 Å². The fourth-order valence-corrected chi connectivity index (χ4v) is 2.97. The highest BCUT2D eigenvalue weighted by Crippen LogP contribution is 2.27. The first kappa shape index (κ1) is 15.5. The summed E-state index contributed by atoms with van der Waals surface area (Å²) < 4.78 is 5.64. The van der Waals surface area contributed by atoms with Crippen molar-refractivity contribution in [3.05, 3.63) is 0 Å². The molecular formula is C16H30O2. The van der Waals surface area contributed by atoms with Crippen LogP contribution in [0.15, 0.2) is 0 Å². The Bertz CT molecular complexity index is 237. The molecular weight excluding hydrogens is 224 g/mol. The highest BCUT2D eigenvalue weighted by Gasteiger charge is 2.24. The van der Waals surface area contributed by atoms with Crippen LogP contribution in [0.3, 0.4) is 0 Å². The number of ether oxygens (including phenoxy) is 1. The number of carbonyl (C=O) groups excluding carboxylic acids is 1. The minimum atomic E-state index is 0.0308. The molecule has 0 amide bonds. The summed E-state index contributed by atoms with van der Waals surface area (Å²) in [5.74, 6) is 1.29. The molecule has 2 heteroatoms. The molecule has 2 nitrogen and oxygen atoms in total. The number of carbonyl (C=O) groups is 1. The molecule has 0 saturated heterocycles. The van der Waals surface area contributed by atoms with Gasteiger partial charge >= 0.3 is 5.97 Å². The average molecular weight is 254 g/mol. The van der Waals surface area contributed by atoms with E-state index in [1.165, 1.54) is 38.5 Å². The van der Waals surface area contributed by atoms with Crippen LogP contribution in [0.25, 0.3) is 0 Å². The van der Waals surface area contributed by atoms with Gasteiger partial charge in [0.05, 0.1) is 0 Å². The minimum Gasteiger partial charge on any atom is -0.462 e. The summed E-state index contributed by atoms with van der Waals surface area (Å²) in [6, 6.07) is 0. The highest BCUT2D eigenvalue weighted by atomic mass is 16.5. The number of rotatable bonds is 7. The monoisotopic (exact) mass is 254 g/mol. The molecule has 0 spiro atoms. The van der Waals surface area contributed by atoms with Crippen LogP contribution in [-0.4, -0.2) is 12.1 Å². The van der Waals surface area contributed by atoms with Crippen LogP contribution < -0.4 is 0 Å². The first-order valence-electron chi connectivity index (χ1n) is 7.86. The maximum atomic E-state index is 11.9. The van der Waals surface area contributed by atoms with E-state index in [0.717, 1.165) is 12.8 Å². The van der Waals surface area contributed by atoms with Gasteiger partial charge in [-0.2, -0.15) is 0 Å². The highest BCUT2D eigenvalue weighted by molar-refractivity contribution is 5.69. The van der Waals surface area contributed by atoms with Gasteiger partial charge in [-0.05, 0) is 37.5 Å². The van der Waals surface area contributed by atoms with E-state index in [1.54, 1.807) is 0 Å². The molecule has 106 valence electrons. The predicted octanol–water partition coefficient (Wildman–Crippen LogP) is 4.71. The van der Waals surface area contributed by atoms with E-state index < -0.39 is 0 Å². The van der Waals surface area contributed by atoms with Gasteiger partial charge in [0, 0.05) is 6.42 Å². The Labute approximate surface area is 112 Å². The predicted molar refractivity (Wildman–Crippen MR) is 75.4 cm³/mol. The summed E-state index contributed by atoms with van der Waals surface area (Å²) in [4.78, 5) is 11.9. The molecule has 0 aromatic carbocycles. The van der Waals surface area contributed by atoms with Crippen LogP contribution >= 0.6 is 0 Å². The van der Waals surface area contributed by atoms with Gasteiger partial charge in [0.2, 0.25) is 0 Å². The molecule has 0 heterocycles. The van der Waals surface area contributed by atoms with Gasteiger partial charge in [-0.3, -0.25) is 4.79 Å². The summed E-state index contributed by atoms with van der Waals surface area (Å²) >= 11 is 0. The van der Waals surface area contributed by atoms with Gasteiger partial charge < -0.3 is 4.74 Å². The van der Waals surface area contributed by atoms with Gasteiger partial charge in [0.25, 0.3) is 0 Å². The number of hydrogen-bond donors (Lipinski definition) is 0. The topological polar surface area (TPSA) is 26.3 Å². The molecule has 0 bridgehead atoms. The van der Waals surface area contributed by atoms with Crippen molar-refractivity contribution in [1.29, 1.82) is 0 Å². The van der Waals surface area contributed by atoms with E-state index in [1.807, 2.05) is 0 Å². The second-order valence-electron chi connectivity index (χ2n) is 5.89. The summed E-state index contributed by atoms with van der Waals surface area (Å²) in [5, 5.41) is 0. The molecule has 3 atom stereocenters. The summed E-state index contributed by atoms with van der Waals surface area (Å²) in [5.41, 5.74) is 0. The maximum absolute atomic E-state index is 11.9. The zero-order valence-corrected chi connectivity index (χ0v) is 12.4. The minimum absolute atomic E-state index is 0.0308. The molecule has 0 aromatic heterocycles. The first-order chi connectivity index (χ1) is 8.67. The molecule has 2 unspecified atom stereocenters. The maximum Gasteiger partial charge on any atom is 0.306 e. The number of hydrogen-bond acceptors (Lipinski definition) is 2.